The van der Waals surface area contributed by atoms with E-state index in [9.17, 15) is 19.2 Å². The van der Waals surface area contributed by atoms with Gasteiger partial charge < -0.3 is 44.6 Å². The van der Waals surface area contributed by atoms with E-state index in [1.807, 2.05) is 60.0 Å². The second kappa shape index (κ2) is 16.5. The lowest BCUT2D eigenvalue weighted by Crippen LogP contribution is -2.51. The number of aromatic amines is 2. The van der Waals surface area contributed by atoms with Gasteiger partial charge in [-0.05, 0) is 83.0 Å². The molecule has 2 aromatic heterocycles. The predicted octanol–water partition coefficient (Wildman–Crippen LogP) is 7.72. The van der Waals surface area contributed by atoms with Gasteiger partial charge in [-0.1, -0.05) is 69.3 Å². The number of likely N-dealkylation sites (tertiary alicyclic amines) is 2. The monoisotopic (exact) mass is 838 g/mol. The number of alkyl carbamates (subject to hydrolysis) is 2. The van der Waals surface area contributed by atoms with Gasteiger partial charge in [-0.15, -0.1) is 0 Å². The Kier molecular flexibility index (Phi) is 10.8. The highest BCUT2D eigenvalue weighted by atomic mass is 16.5. The first-order valence-electron chi connectivity index (χ1n) is 21.1. The lowest BCUT2D eigenvalue weighted by Gasteiger charge is -2.30. The zero-order chi connectivity index (χ0) is 43.2. The highest BCUT2D eigenvalue weighted by molar-refractivity contribution is 6.07. The average Bonchev–Trinajstić information content (AvgIpc) is 4.12. The fraction of sp³-hybridized carbons (Fsp3) is 0.362. The maximum absolute atomic E-state index is 14.2. The Balaban J connectivity index is 0.967. The van der Waals surface area contributed by atoms with E-state index in [4.69, 9.17) is 24.2 Å². The topological polar surface area (TPSA) is 184 Å². The van der Waals surface area contributed by atoms with Crippen LogP contribution < -0.4 is 15.4 Å². The van der Waals surface area contributed by atoms with Crippen molar-refractivity contribution in [3.8, 4) is 28.1 Å². The van der Waals surface area contributed by atoms with Gasteiger partial charge in [-0.25, -0.2) is 19.6 Å². The number of carbonyl (C=O) groups excluding carboxylic acids is 4. The Morgan fingerprint density at radius 2 is 1.65 bits per heavy atom. The molecule has 0 aliphatic carbocycles. The summed E-state index contributed by atoms with van der Waals surface area (Å²) in [5, 5.41) is 7.39. The van der Waals surface area contributed by atoms with E-state index in [1.54, 1.807) is 6.20 Å². The van der Waals surface area contributed by atoms with E-state index >= 15 is 0 Å². The SMILES string of the molecule is COC(=O)N[C@H](C(=O)N1CCC[C@H]1c1ncc(-c2ccc3c(c2)COc2cc4c(ccc5[nH]c(C6C[C@H](C)CN6C(=O)[C@H](NC(=O)OC)c6ccccc6)nc54)cc2-3)[nH]1)C(C)C. The number of aromatic nitrogens is 4. The number of imidazole rings is 2. The predicted molar refractivity (Wildman–Crippen MR) is 232 cm³/mol. The molecular formula is C47H50N8O7. The Bertz CT molecular complexity index is 2690. The van der Waals surface area contributed by atoms with Crippen LogP contribution in [0.15, 0.2) is 79.0 Å². The summed E-state index contributed by atoms with van der Waals surface area (Å²) in [6.07, 6.45) is 2.81. The first-order valence-corrected chi connectivity index (χ1v) is 21.1. The summed E-state index contributed by atoms with van der Waals surface area (Å²) in [6.45, 7) is 7.39. The molecule has 4 aromatic carbocycles. The number of hydrogen-bond donors (Lipinski definition) is 4. The summed E-state index contributed by atoms with van der Waals surface area (Å²) >= 11 is 0. The number of H-pyrrole nitrogens is 2. The molecule has 2 saturated heterocycles. The van der Waals surface area contributed by atoms with Crippen molar-refractivity contribution in [1.29, 1.82) is 0 Å². The molecule has 9 rings (SSSR count). The van der Waals surface area contributed by atoms with Crippen LogP contribution in [-0.4, -0.2) is 87.1 Å². The summed E-state index contributed by atoms with van der Waals surface area (Å²) in [6, 6.07) is 21.6. The molecule has 2 fully saturated rings. The number of rotatable bonds is 9. The van der Waals surface area contributed by atoms with Gasteiger partial charge in [0.25, 0.3) is 5.91 Å². The minimum absolute atomic E-state index is 0.121. The van der Waals surface area contributed by atoms with Crippen LogP contribution in [0.5, 0.6) is 5.75 Å². The maximum Gasteiger partial charge on any atom is 0.407 e. The summed E-state index contributed by atoms with van der Waals surface area (Å²) in [5.41, 5.74) is 7.21. The molecule has 0 bridgehead atoms. The van der Waals surface area contributed by atoms with Crippen LogP contribution in [0.1, 0.15) is 80.9 Å². The lowest BCUT2D eigenvalue weighted by atomic mass is 9.92. The lowest BCUT2D eigenvalue weighted by molar-refractivity contribution is -0.136. The van der Waals surface area contributed by atoms with Crippen molar-refractivity contribution in [1.82, 2.24) is 40.4 Å². The molecule has 5 heterocycles. The van der Waals surface area contributed by atoms with E-state index in [1.165, 1.54) is 14.2 Å². The summed E-state index contributed by atoms with van der Waals surface area (Å²) in [5.74, 6) is 1.88. The zero-order valence-electron chi connectivity index (χ0n) is 35.4. The van der Waals surface area contributed by atoms with Crippen LogP contribution in [0, 0.1) is 11.8 Å². The Hall–Kier alpha value is -6.90. The van der Waals surface area contributed by atoms with Crippen molar-refractivity contribution in [2.75, 3.05) is 27.3 Å². The first-order chi connectivity index (χ1) is 30.0. The molecule has 5 atom stereocenters. The fourth-order valence-corrected chi connectivity index (χ4v) is 9.30. The van der Waals surface area contributed by atoms with E-state index in [0.29, 0.717) is 43.3 Å². The molecule has 0 saturated carbocycles. The average molecular weight is 839 g/mol. The Morgan fingerprint density at radius 3 is 2.42 bits per heavy atom. The van der Waals surface area contributed by atoms with Crippen molar-refractivity contribution < 1.29 is 33.4 Å². The molecule has 4 N–H and O–H groups in total. The zero-order valence-corrected chi connectivity index (χ0v) is 35.4. The van der Waals surface area contributed by atoms with Crippen LogP contribution >= 0.6 is 0 Å². The smallest absolute Gasteiger partial charge is 0.407 e. The van der Waals surface area contributed by atoms with Gasteiger partial charge >= 0.3 is 12.2 Å². The highest BCUT2D eigenvalue weighted by Crippen LogP contribution is 2.44. The first kappa shape index (κ1) is 40.5. The molecule has 0 spiro atoms. The van der Waals surface area contributed by atoms with Crippen molar-refractivity contribution >= 4 is 45.8 Å². The highest BCUT2D eigenvalue weighted by Gasteiger charge is 2.41. The van der Waals surface area contributed by atoms with E-state index in [0.717, 1.165) is 68.3 Å². The number of amides is 4. The second-order valence-electron chi connectivity index (χ2n) is 16.9. The van der Waals surface area contributed by atoms with Crippen molar-refractivity contribution in [2.45, 2.75) is 70.8 Å². The van der Waals surface area contributed by atoms with E-state index < -0.39 is 24.3 Å². The number of hydrogen-bond acceptors (Lipinski definition) is 9. The molecule has 4 amide bonds. The summed E-state index contributed by atoms with van der Waals surface area (Å²) in [4.78, 5) is 72.8. The molecule has 3 aliphatic rings. The van der Waals surface area contributed by atoms with Crippen LogP contribution in [0.25, 0.3) is 44.2 Å². The molecule has 0 radical (unpaired) electrons. The van der Waals surface area contributed by atoms with Gasteiger partial charge in [0.2, 0.25) is 5.91 Å². The quantitative estimate of drug-likeness (QED) is 0.113. The van der Waals surface area contributed by atoms with Crippen molar-refractivity contribution in [2.24, 2.45) is 11.8 Å². The standard InChI is InChI=1S/C47H50N8O7/c1-25(2)39(52-46(58)60-4)44(56)54-17-9-12-36(54)42-48-22-35(50-42)29-13-15-31-30(19-29)24-62-38-21-32-28(20-33(31)38)14-16-34-41(32)51-43(49-34)37-18-26(3)23-55(37)45(57)40(53-47(59)61-5)27-10-7-6-8-11-27/h6-8,10-11,13-16,19-22,25-26,36-37,39-40H,9,12,17-18,23-24H2,1-5H3,(H,48,50)(H,49,51)(H,52,58)(H,53,59)/t26-,36-,37?,39-,40+/m0/s1. The third kappa shape index (κ3) is 7.45. The number of ether oxygens (including phenoxy) is 3. The minimum Gasteiger partial charge on any atom is -0.488 e. The molecule has 1 unspecified atom stereocenters. The van der Waals surface area contributed by atoms with Crippen molar-refractivity contribution in [3.05, 3.63) is 102 Å². The van der Waals surface area contributed by atoms with Gasteiger partial charge in [0.05, 0.1) is 49.2 Å². The normalized spacial score (nSPS) is 19.2. The number of methoxy groups -OCH3 is 2. The number of benzene rings is 4. The molecule has 15 nitrogen and oxygen atoms in total. The molecule has 6 aromatic rings. The third-order valence-electron chi connectivity index (χ3n) is 12.5. The number of carbonyl (C=O) groups is 4. The van der Waals surface area contributed by atoms with Gasteiger partial charge in [-0.3, -0.25) is 9.59 Å². The summed E-state index contributed by atoms with van der Waals surface area (Å²) < 4.78 is 16.1. The van der Waals surface area contributed by atoms with Crippen LogP contribution in [-0.2, 0) is 25.7 Å². The molecule has 3 aliphatic heterocycles. The maximum atomic E-state index is 14.2. The second-order valence-corrected chi connectivity index (χ2v) is 16.9. The fourth-order valence-electron chi connectivity index (χ4n) is 9.30. The number of fused-ring (bicyclic) bond motifs is 6. The molecule has 62 heavy (non-hydrogen) atoms. The van der Waals surface area contributed by atoms with Crippen LogP contribution in [0.4, 0.5) is 9.59 Å². The number of nitrogens with one attached hydrogen (secondary N) is 4. The van der Waals surface area contributed by atoms with Crippen molar-refractivity contribution in [3.63, 3.8) is 0 Å². The minimum atomic E-state index is -0.914. The van der Waals surface area contributed by atoms with E-state index in [-0.39, 0.29) is 35.7 Å². The van der Waals surface area contributed by atoms with Gasteiger partial charge in [0.1, 0.15) is 36.1 Å². The van der Waals surface area contributed by atoms with E-state index in [2.05, 4.69) is 63.9 Å². The summed E-state index contributed by atoms with van der Waals surface area (Å²) in [7, 11) is 2.57. The molecule has 15 heteroatoms. The van der Waals surface area contributed by atoms with Crippen LogP contribution in [0.3, 0.4) is 0 Å². The Labute approximate surface area is 358 Å². The van der Waals surface area contributed by atoms with Gasteiger partial charge in [0.15, 0.2) is 0 Å². The largest absolute Gasteiger partial charge is 0.488 e. The number of nitrogens with zero attached hydrogens (tertiary/aromatic N) is 4. The third-order valence-corrected chi connectivity index (χ3v) is 12.5. The van der Waals surface area contributed by atoms with Crippen LogP contribution in [0.2, 0.25) is 0 Å². The van der Waals surface area contributed by atoms with Gasteiger partial charge in [-0.2, -0.15) is 0 Å². The molecule has 320 valence electrons. The molecular weight excluding hydrogens is 789 g/mol. The van der Waals surface area contributed by atoms with Gasteiger partial charge in [0, 0.05) is 24.0 Å². The Morgan fingerprint density at radius 1 is 0.855 bits per heavy atom.